The second-order valence-electron chi connectivity index (χ2n) is 9.92. The third-order valence-corrected chi connectivity index (χ3v) is 7.56. The van der Waals surface area contributed by atoms with E-state index in [-0.39, 0.29) is 11.7 Å². The Hall–Kier alpha value is -4.78. The molecule has 1 aliphatic heterocycles. The molecule has 2 aliphatic rings. The van der Waals surface area contributed by atoms with Gasteiger partial charge in [0, 0.05) is 47.2 Å². The van der Waals surface area contributed by atoms with Gasteiger partial charge in [-0.1, -0.05) is 49.1 Å². The van der Waals surface area contributed by atoms with Crippen LogP contribution < -0.4 is 10.6 Å². The number of fused-ring (bicyclic) bond motifs is 2. The molecule has 7 nitrogen and oxygen atoms in total. The van der Waals surface area contributed by atoms with Crippen LogP contribution in [-0.4, -0.2) is 26.2 Å². The Morgan fingerprint density at radius 2 is 1.95 bits per heavy atom. The average molecular weight is 502 g/mol. The van der Waals surface area contributed by atoms with Crippen molar-refractivity contribution in [2.75, 3.05) is 5.32 Å². The maximum atomic E-state index is 13.4. The van der Waals surface area contributed by atoms with Crippen molar-refractivity contribution in [2.45, 2.75) is 19.8 Å². The monoisotopic (exact) mass is 501 g/mol. The van der Waals surface area contributed by atoms with Crippen LogP contribution in [0.15, 0.2) is 97.1 Å². The highest BCUT2D eigenvalue weighted by molar-refractivity contribution is 6.15. The van der Waals surface area contributed by atoms with Gasteiger partial charge in [-0.05, 0) is 54.7 Å². The van der Waals surface area contributed by atoms with Gasteiger partial charge in [0.2, 0.25) is 11.7 Å². The average Bonchev–Trinajstić information content (AvgIpc) is 3.54. The van der Waals surface area contributed by atoms with Gasteiger partial charge >= 0.3 is 0 Å². The third-order valence-electron chi connectivity index (χ3n) is 7.56. The van der Waals surface area contributed by atoms with E-state index in [2.05, 4.69) is 39.3 Å². The summed E-state index contributed by atoms with van der Waals surface area (Å²) in [6, 6.07) is 15.6. The molecule has 0 saturated heterocycles. The van der Waals surface area contributed by atoms with Gasteiger partial charge < -0.3 is 15.2 Å². The van der Waals surface area contributed by atoms with Gasteiger partial charge in [0.1, 0.15) is 17.8 Å². The van der Waals surface area contributed by atoms with Crippen molar-refractivity contribution in [3.05, 3.63) is 120 Å². The molecule has 188 valence electrons. The first kappa shape index (κ1) is 23.6. The molecule has 0 fully saturated rings. The minimum atomic E-state index is -0.600. The Balaban J connectivity index is 1.26. The Bertz CT molecular complexity index is 1710. The first-order chi connectivity index (χ1) is 18.4. The highest BCUT2D eigenvalue weighted by Crippen LogP contribution is 2.47. The predicted octanol–water partition coefficient (Wildman–Crippen LogP) is 5.17. The van der Waals surface area contributed by atoms with Crippen molar-refractivity contribution in [3.63, 3.8) is 0 Å². The minimum absolute atomic E-state index is 0.0387. The number of rotatable bonds is 6. The number of anilines is 2. The van der Waals surface area contributed by atoms with E-state index in [0.29, 0.717) is 29.9 Å². The lowest BCUT2D eigenvalue weighted by molar-refractivity contribution is -0.126. The topological polar surface area (TPSA) is 88.9 Å². The fourth-order valence-electron chi connectivity index (χ4n) is 5.75. The molecular formula is C31H27N5O2. The predicted molar refractivity (Wildman–Crippen MR) is 148 cm³/mol. The quantitative estimate of drug-likeness (QED) is 0.281. The SMILES string of the molecule is C=C/C=C\C1=C(C)NC(=O)C12Cc1ccc(Nc3cc(C(=O)c4cn(C)c5ccccc45)ncn3)cc1C2. The zero-order valence-corrected chi connectivity index (χ0v) is 21.3. The van der Waals surface area contributed by atoms with Crippen molar-refractivity contribution in [3.8, 4) is 0 Å². The fraction of sp³-hybridized carbons (Fsp3) is 0.161. The van der Waals surface area contributed by atoms with E-state index in [1.54, 1.807) is 12.1 Å². The van der Waals surface area contributed by atoms with Crippen molar-refractivity contribution in [1.82, 2.24) is 19.9 Å². The molecule has 4 aromatic rings. The summed E-state index contributed by atoms with van der Waals surface area (Å²) in [5, 5.41) is 7.24. The zero-order chi connectivity index (χ0) is 26.4. The first-order valence-electron chi connectivity index (χ1n) is 12.5. The van der Waals surface area contributed by atoms with Gasteiger partial charge in [-0.2, -0.15) is 0 Å². The minimum Gasteiger partial charge on any atom is -0.350 e. The summed E-state index contributed by atoms with van der Waals surface area (Å²) in [4.78, 5) is 35.0. The van der Waals surface area contributed by atoms with Crippen LogP contribution in [0.25, 0.3) is 10.9 Å². The highest BCUT2D eigenvalue weighted by Gasteiger charge is 2.50. The number of allylic oxidation sites excluding steroid dienone is 4. The summed E-state index contributed by atoms with van der Waals surface area (Å²) >= 11 is 0. The van der Waals surface area contributed by atoms with E-state index in [9.17, 15) is 9.59 Å². The molecule has 0 saturated carbocycles. The van der Waals surface area contributed by atoms with Crippen LogP contribution in [0.5, 0.6) is 0 Å². The molecule has 1 spiro atoms. The molecule has 2 aromatic heterocycles. The number of benzene rings is 2. The van der Waals surface area contributed by atoms with Crippen LogP contribution in [0.3, 0.4) is 0 Å². The lowest BCUT2D eigenvalue weighted by Gasteiger charge is -2.22. The van der Waals surface area contributed by atoms with Crippen molar-refractivity contribution in [1.29, 1.82) is 0 Å². The van der Waals surface area contributed by atoms with Crippen LogP contribution in [0.2, 0.25) is 0 Å². The molecule has 1 amide bonds. The van der Waals surface area contributed by atoms with E-state index in [0.717, 1.165) is 39.0 Å². The fourth-order valence-corrected chi connectivity index (χ4v) is 5.75. The maximum Gasteiger partial charge on any atom is 0.235 e. The van der Waals surface area contributed by atoms with Gasteiger partial charge in [-0.25, -0.2) is 9.97 Å². The maximum absolute atomic E-state index is 13.4. The second-order valence-corrected chi connectivity index (χ2v) is 9.92. The molecule has 7 heteroatoms. The number of carbonyl (C=O) groups is 2. The highest BCUT2D eigenvalue weighted by atomic mass is 16.2. The lowest BCUT2D eigenvalue weighted by Crippen LogP contribution is -2.34. The van der Waals surface area contributed by atoms with Crippen molar-refractivity contribution >= 4 is 34.1 Å². The summed E-state index contributed by atoms with van der Waals surface area (Å²) in [7, 11) is 1.93. The number of aryl methyl sites for hydroxylation is 1. The summed E-state index contributed by atoms with van der Waals surface area (Å²) in [6.07, 6.45) is 10.1. The molecule has 1 atom stereocenters. The van der Waals surface area contributed by atoms with Gasteiger partial charge in [-0.15, -0.1) is 0 Å². The van der Waals surface area contributed by atoms with E-state index in [1.165, 1.54) is 6.33 Å². The Labute approximate surface area is 220 Å². The van der Waals surface area contributed by atoms with Crippen LogP contribution in [0, 0.1) is 5.41 Å². The number of para-hydroxylation sites is 1. The molecule has 2 N–H and O–H groups in total. The summed E-state index contributed by atoms with van der Waals surface area (Å²) in [5.41, 5.74) is 6.33. The van der Waals surface area contributed by atoms with Crippen LogP contribution in [0.4, 0.5) is 11.5 Å². The van der Waals surface area contributed by atoms with E-state index in [1.807, 2.05) is 67.2 Å². The summed E-state index contributed by atoms with van der Waals surface area (Å²) in [5.74, 6) is 0.412. The van der Waals surface area contributed by atoms with Gasteiger partial charge in [0.05, 0.1) is 5.41 Å². The third kappa shape index (κ3) is 3.75. The first-order valence-corrected chi connectivity index (χ1v) is 12.5. The van der Waals surface area contributed by atoms with Crippen molar-refractivity contribution in [2.24, 2.45) is 12.5 Å². The van der Waals surface area contributed by atoms with Gasteiger partial charge in [0.25, 0.3) is 0 Å². The number of hydrogen-bond donors (Lipinski definition) is 2. The van der Waals surface area contributed by atoms with Crippen LogP contribution in [0.1, 0.15) is 34.1 Å². The molecule has 0 radical (unpaired) electrons. The van der Waals surface area contributed by atoms with E-state index in [4.69, 9.17) is 0 Å². The Morgan fingerprint density at radius 3 is 2.79 bits per heavy atom. The van der Waals surface area contributed by atoms with Crippen molar-refractivity contribution < 1.29 is 9.59 Å². The summed E-state index contributed by atoms with van der Waals surface area (Å²) < 4.78 is 1.94. The number of carbonyl (C=O) groups excluding carboxylic acids is 2. The molecule has 1 aliphatic carbocycles. The number of nitrogens with zero attached hydrogens (tertiary/aromatic N) is 3. The van der Waals surface area contributed by atoms with Crippen LogP contribution in [-0.2, 0) is 24.7 Å². The van der Waals surface area contributed by atoms with E-state index < -0.39 is 5.41 Å². The smallest absolute Gasteiger partial charge is 0.235 e. The Morgan fingerprint density at radius 1 is 1.13 bits per heavy atom. The lowest BCUT2D eigenvalue weighted by atomic mass is 9.78. The number of aromatic nitrogens is 3. The normalized spacial score (nSPS) is 18.4. The molecule has 1 unspecified atom stereocenters. The molecule has 6 rings (SSSR count). The number of amides is 1. The molecule has 3 heterocycles. The standard InChI is InChI=1S/C31H27N5O2/c1-4-5-9-25-19(2)34-30(38)31(25)15-20-11-12-22(13-21(20)16-31)35-28-14-26(32-18-33-28)29(37)24-17-36(3)27-10-7-6-8-23(24)27/h4-14,17-18H,1,15-16H2,2-3H3,(H,34,38)(H,32,33,35)/b9-5-. The van der Waals surface area contributed by atoms with Crippen LogP contribution >= 0.6 is 0 Å². The molecular weight excluding hydrogens is 474 g/mol. The molecule has 2 aromatic carbocycles. The number of hydrogen-bond acceptors (Lipinski definition) is 5. The Kier molecular flexibility index (Phi) is 5.56. The number of ketones is 1. The van der Waals surface area contributed by atoms with Gasteiger partial charge in [-0.3, -0.25) is 9.59 Å². The summed E-state index contributed by atoms with van der Waals surface area (Å²) in [6.45, 7) is 5.71. The van der Waals surface area contributed by atoms with E-state index >= 15 is 0 Å². The largest absolute Gasteiger partial charge is 0.350 e. The van der Waals surface area contributed by atoms with Gasteiger partial charge in [0.15, 0.2) is 0 Å². The molecule has 0 bridgehead atoms. The second kappa shape index (κ2) is 8.95. The molecule has 38 heavy (non-hydrogen) atoms. The zero-order valence-electron chi connectivity index (χ0n) is 21.3. The number of nitrogens with one attached hydrogen (secondary N) is 2.